The summed E-state index contributed by atoms with van der Waals surface area (Å²) in [4.78, 5) is 3.50. The number of thioether (sulfide) groups is 1. The molecule has 1 N–H and O–H groups in total. The number of allylic oxidation sites excluding steroid dienone is 1. The van der Waals surface area contributed by atoms with Crippen molar-refractivity contribution in [1.82, 2.24) is 10.2 Å². The van der Waals surface area contributed by atoms with Crippen LogP contribution >= 0.6 is 24.0 Å². The number of hydrogen-bond donors (Lipinski definition) is 1. The first-order chi connectivity index (χ1) is 8.89. The number of hydrogen-bond acceptors (Lipinski definition) is 4. The fourth-order valence-corrected chi connectivity index (χ4v) is 3.55. The highest BCUT2D eigenvalue weighted by Gasteiger charge is 2.22. The third-order valence-corrected chi connectivity index (χ3v) is 4.83. The van der Waals surface area contributed by atoms with Crippen molar-refractivity contribution in [3.63, 3.8) is 0 Å². The van der Waals surface area contributed by atoms with Gasteiger partial charge in [-0.05, 0) is 25.7 Å². The molecule has 0 aromatic heterocycles. The van der Waals surface area contributed by atoms with Crippen LogP contribution in [0.1, 0.15) is 41.0 Å². The molecule has 2 nitrogen and oxygen atoms in total. The van der Waals surface area contributed by atoms with Crippen molar-refractivity contribution in [3.05, 3.63) is 11.4 Å². The van der Waals surface area contributed by atoms with E-state index in [1.807, 2.05) is 11.8 Å². The molecule has 0 aliphatic carbocycles. The zero-order valence-electron chi connectivity index (χ0n) is 13.0. The van der Waals surface area contributed by atoms with Gasteiger partial charge in [-0.3, -0.25) is 0 Å². The van der Waals surface area contributed by atoms with E-state index >= 15 is 0 Å². The summed E-state index contributed by atoms with van der Waals surface area (Å²) in [6.07, 6.45) is 1.18. The Morgan fingerprint density at radius 3 is 2.37 bits per heavy atom. The van der Waals surface area contributed by atoms with E-state index in [9.17, 15) is 0 Å². The summed E-state index contributed by atoms with van der Waals surface area (Å²) in [5.41, 5.74) is 3.02. The van der Waals surface area contributed by atoms with Crippen LogP contribution in [-0.4, -0.2) is 40.9 Å². The zero-order chi connectivity index (χ0) is 14.5. The molecule has 0 aromatic carbocycles. The van der Waals surface area contributed by atoms with Gasteiger partial charge >= 0.3 is 0 Å². The fraction of sp³-hybridized carbons (Fsp3) is 0.800. The Kier molecular flexibility index (Phi) is 6.67. The lowest BCUT2D eigenvalue weighted by Crippen LogP contribution is -2.36. The van der Waals surface area contributed by atoms with Crippen molar-refractivity contribution in [1.29, 1.82) is 0 Å². The van der Waals surface area contributed by atoms with Crippen LogP contribution in [0, 0.1) is 5.41 Å². The van der Waals surface area contributed by atoms with Gasteiger partial charge in [0.25, 0.3) is 0 Å². The highest BCUT2D eigenvalue weighted by Crippen LogP contribution is 2.24. The van der Waals surface area contributed by atoms with E-state index in [-0.39, 0.29) is 0 Å². The van der Waals surface area contributed by atoms with Crippen molar-refractivity contribution in [2.45, 2.75) is 41.0 Å². The van der Waals surface area contributed by atoms with Gasteiger partial charge in [0.15, 0.2) is 0 Å². The van der Waals surface area contributed by atoms with Crippen molar-refractivity contribution in [3.8, 4) is 0 Å². The lowest BCUT2D eigenvalue weighted by atomic mass is 9.92. The molecule has 0 aromatic rings. The highest BCUT2D eigenvalue weighted by molar-refractivity contribution is 8.01. The van der Waals surface area contributed by atoms with Crippen LogP contribution < -0.4 is 5.32 Å². The van der Waals surface area contributed by atoms with Gasteiger partial charge in [-0.2, -0.15) is 0 Å². The van der Waals surface area contributed by atoms with Gasteiger partial charge < -0.3 is 10.2 Å². The smallest absolute Gasteiger partial charge is 0.0717 e. The second kappa shape index (κ2) is 7.53. The Balaban J connectivity index is 2.78. The summed E-state index contributed by atoms with van der Waals surface area (Å²) >= 11 is 7.50. The average molecular weight is 301 g/mol. The third kappa shape index (κ3) is 5.35. The van der Waals surface area contributed by atoms with Gasteiger partial charge in [-0.15, -0.1) is 11.8 Å². The predicted octanol–water partition coefficient (Wildman–Crippen LogP) is 3.68. The topological polar surface area (TPSA) is 15.3 Å². The van der Waals surface area contributed by atoms with E-state index in [1.54, 1.807) is 0 Å². The monoisotopic (exact) mass is 300 g/mol. The maximum Gasteiger partial charge on any atom is 0.0717 e. The molecule has 0 atom stereocenters. The Hall–Kier alpha value is -0.220. The molecule has 0 bridgehead atoms. The normalized spacial score (nSPS) is 16.8. The third-order valence-electron chi connectivity index (χ3n) is 3.32. The molecule has 110 valence electrons. The van der Waals surface area contributed by atoms with Gasteiger partial charge in [-0.1, -0.05) is 33.0 Å². The average Bonchev–Trinajstić information content (AvgIpc) is 2.32. The molecule has 1 aliphatic heterocycles. The van der Waals surface area contributed by atoms with Crippen LogP contribution in [0.2, 0.25) is 0 Å². The van der Waals surface area contributed by atoms with E-state index in [2.05, 4.69) is 44.8 Å². The Morgan fingerprint density at radius 2 is 1.84 bits per heavy atom. The lowest BCUT2D eigenvalue weighted by Gasteiger charge is -2.32. The van der Waals surface area contributed by atoms with Crippen molar-refractivity contribution < 1.29 is 0 Å². The summed E-state index contributed by atoms with van der Waals surface area (Å²) in [5.74, 6) is 2.06. The van der Waals surface area contributed by atoms with E-state index in [1.165, 1.54) is 17.8 Å². The van der Waals surface area contributed by atoms with Crippen LogP contribution in [0.4, 0.5) is 0 Å². The Bertz CT molecular complexity index is 339. The molecule has 0 unspecified atom stereocenters. The molecule has 19 heavy (non-hydrogen) atoms. The standard InChI is InChI=1S/C15H28N2S2/c1-6-17(7-2)14-12(10-19-11-13(14)18)16-9-8-15(3,4)5/h16H,6-11H2,1-5H3. The zero-order valence-corrected chi connectivity index (χ0v) is 14.6. The van der Waals surface area contributed by atoms with E-state index < -0.39 is 0 Å². The number of nitrogens with one attached hydrogen (secondary N) is 1. The van der Waals surface area contributed by atoms with E-state index in [0.717, 1.165) is 36.0 Å². The predicted molar refractivity (Wildman–Crippen MR) is 91.9 cm³/mol. The molecule has 0 saturated carbocycles. The minimum absolute atomic E-state index is 0.380. The molecule has 0 amide bonds. The summed E-state index contributed by atoms with van der Waals surface area (Å²) in [6.45, 7) is 14.4. The van der Waals surface area contributed by atoms with Crippen LogP contribution in [0.25, 0.3) is 0 Å². The molecule has 1 aliphatic rings. The number of nitrogens with zero attached hydrogens (tertiary/aromatic N) is 1. The first-order valence-corrected chi connectivity index (χ1v) is 8.78. The van der Waals surface area contributed by atoms with Crippen molar-refractivity contribution in [2.75, 3.05) is 31.1 Å². The summed E-state index contributed by atoms with van der Waals surface area (Å²) in [6, 6.07) is 0. The van der Waals surface area contributed by atoms with Gasteiger partial charge in [0.2, 0.25) is 0 Å². The molecule has 4 heteroatoms. The van der Waals surface area contributed by atoms with Crippen molar-refractivity contribution in [2.24, 2.45) is 5.41 Å². The van der Waals surface area contributed by atoms with E-state index in [4.69, 9.17) is 12.2 Å². The van der Waals surface area contributed by atoms with Crippen molar-refractivity contribution >= 4 is 28.8 Å². The first-order valence-electron chi connectivity index (χ1n) is 7.22. The number of thiocarbonyl (C=S) groups is 1. The SMILES string of the molecule is CCN(CC)C1=C(NCCC(C)(C)C)CSCC1=S. The maximum atomic E-state index is 5.58. The van der Waals surface area contributed by atoms with Crippen LogP contribution in [-0.2, 0) is 0 Å². The molecule has 1 rings (SSSR count). The second-order valence-corrected chi connectivity index (χ2v) is 7.63. The molecule has 0 saturated heterocycles. The molecule has 0 fully saturated rings. The van der Waals surface area contributed by atoms with Crippen LogP contribution in [0.5, 0.6) is 0 Å². The number of rotatable bonds is 6. The summed E-state index contributed by atoms with van der Waals surface area (Å²) in [7, 11) is 0. The van der Waals surface area contributed by atoms with Gasteiger partial charge in [0.05, 0.1) is 10.6 Å². The summed E-state index contributed by atoms with van der Waals surface area (Å²) < 4.78 is 0. The fourth-order valence-electron chi connectivity index (χ4n) is 2.18. The highest BCUT2D eigenvalue weighted by atomic mass is 32.2. The van der Waals surface area contributed by atoms with Crippen LogP contribution in [0.15, 0.2) is 11.4 Å². The van der Waals surface area contributed by atoms with E-state index in [0.29, 0.717) is 5.41 Å². The quantitative estimate of drug-likeness (QED) is 0.752. The molecule has 1 heterocycles. The maximum absolute atomic E-state index is 5.58. The lowest BCUT2D eigenvalue weighted by molar-refractivity contribution is 0.368. The van der Waals surface area contributed by atoms with Crippen LogP contribution in [0.3, 0.4) is 0 Å². The molecular formula is C15H28N2S2. The minimum Gasteiger partial charge on any atom is -0.386 e. The van der Waals surface area contributed by atoms with Gasteiger partial charge in [0.1, 0.15) is 0 Å². The van der Waals surface area contributed by atoms with Gasteiger partial charge in [0, 0.05) is 36.8 Å². The largest absolute Gasteiger partial charge is 0.386 e. The Labute approximate surface area is 128 Å². The second-order valence-electron chi connectivity index (χ2n) is 6.15. The summed E-state index contributed by atoms with van der Waals surface area (Å²) in [5, 5.41) is 3.64. The Morgan fingerprint density at radius 1 is 1.21 bits per heavy atom. The van der Waals surface area contributed by atoms with Gasteiger partial charge in [-0.25, -0.2) is 0 Å². The first kappa shape index (κ1) is 16.8. The molecular weight excluding hydrogens is 272 g/mol. The molecule has 0 spiro atoms. The minimum atomic E-state index is 0.380. The molecule has 0 radical (unpaired) electrons.